The minimum absolute atomic E-state index is 0.157. The van der Waals surface area contributed by atoms with Gasteiger partial charge in [0, 0.05) is 6.42 Å². The first-order chi connectivity index (χ1) is 8.15. The van der Waals surface area contributed by atoms with Gasteiger partial charge in [0.25, 0.3) is 0 Å². The van der Waals surface area contributed by atoms with Crippen molar-refractivity contribution in [1.29, 1.82) is 0 Å². The Morgan fingerprint density at radius 2 is 2.12 bits per heavy atom. The van der Waals surface area contributed by atoms with Crippen LogP contribution in [0.4, 0.5) is 5.69 Å². The third-order valence-corrected chi connectivity index (χ3v) is 3.99. The lowest BCUT2D eigenvalue weighted by molar-refractivity contribution is -0.121. The summed E-state index contributed by atoms with van der Waals surface area (Å²) in [6.45, 7) is 1.97. The van der Waals surface area contributed by atoms with Gasteiger partial charge in [-0.2, -0.15) is 0 Å². The molecular weight excluding hydrogens is 258 g/mol. The van der Waals surface area contributed by atoms with Crippen molar-refractivity contribution in [3.8, 4) is 0 Å². The highest BCUT2D eigenvalue weighted by Gasteiger charge is 2.40. The number of imide groups is 1. The second-order valence-corrected chi connectivity index (χ2v) is 5.55. The smallest absolute Gasteiger partial charge is 0.247 e. The number of rotatable bonds is 3. The maximum Gasteiger partial charge on any atom is 0.247 e. The summed E-state index contributed by atoms with van der Waals surface area (Å²) < 4.78 is 0. The highest BCUT2D eigenvalue weighted by molar-refractivity contribution is 8.00. The van der Waals surface area contributed by atoms with Crippen LogP contribution in [0.5, 0.6) is 0 Å². The van der Waals surface area contributed by atoms with Crippen molar-refractivity contribution in [1.82, 2.24) is 0 Å². The van der Waals surface area contributed by atoms with E-state index in [9.17, 15) is 9.59 Å². The monoisotopic (exact) mass is 269 g/mol. The zero-order chi connectivity index (χ0) is 12.4. The standard InChI is InChI=1S/C12H12ClNO2S/c1-2-17-10-7-11(15)14(12(10)16)9-6-4-3-5-8(9)13/h3-6,10H,2,7H2,1H3. The van der Waals surface area contributed by atoms with E-state index in [4.69, 9.17) is 11.6 Å². The van der Waals surface area contributed by atoms with Gasteiger partial charge in [0.15, 0.2) is 0 Å². The molecule has 1 heterocycles. The van der Waals surface area contributed by atoms with Gasteiger partial charge in [-0.05, 0) is 17.9 Å². The molecule has 90 valence electrons. The average molecular weight is 270 g/mol. The van der Waals surface area contributed by atoms with Crippen molar-refractivity contribution >= 4 is 40.9 Å². The van der Waals surface area contributed by atoms with Crippen LogP contribution >= 0.6 is 23.4 Å². The first kappa shape index (κ1) is 12.5. The lowest BCUT2D eigenvalue weighted by Gasteiger charge is -2.15. The second kappa shape index (κ2) is 5.10. The Labute approximate surface area is 109 Å². The number of carbonyl (C=O) groups excluding carboxylic acids is 2. The number of hydrogen-bond donors (Lipinski definition) is 0. The average Bonchev–Trinajstić information content (AvgIpc) is 2.57. The van der Waals surface area contributed by atoms with E-state index in [-0.39, 0.29) is 23.5 Å². The van der Waals surface area contributed by atoms with E-state index in [1.54, 1.807) is 24.3 Å². The van der Waals surface area contributed by atoms with Gasteiger partial charge in [0.2, 0.25) is 11.8 Å². The van der Waals surface area contributed by atoms with Gasteiger partial charge in [0.1, 0.15) is 0 Å². The second-order valence-electron chi connectivity index (χ2n) is 3.67. The van der Waals surface area contributed by atoms with E-state index in [1.165, 1.54) is 16.7 Å². The van der Waals surface area contributed by atoms with Gasteiger partial charge in [-0.25, -0.2) is 4.90 Å². The number of thioether (sulfide) groups is 1. The Morgan fingerprint density at radius 1 is 1.41 bits per heavy atom. The Bertz CT molecular complexity index is 464. The van der Waals surface area contributed by atoms with Crippen LogP contribution in [0.2, 0.25) is 5.02 Å². The quantitative estimate of drug-likeness (QED) is 0.792. The number of para-hydroxylation sites is 1. The SMILES string of the molecule is CCSC1CC(=O)N(c2ccccc2Cl)C1=O. The van der Waals surface area contributed by atoms with Crippen molar-refractivity contribution in [2.24, 2.45) is 0 Å². The number of amides is 2. The Balaban J connectivity index is 2.31. The minimum Gasteiger partial charge on any atom is -0.274 e. The van der Waals surface area contributed by atoms with Crippen LogP contribution in [0.25, 0.3) is 0 Å². The number of carbonyl (C=O) groups is 2. The molecule has 2 rings (SSSR count). The van der Waals surface area contributed by atoms with Gasteiger partial charge < -0.3 is 0 Å². The molecule has 0 N–H and O–H groups in total. The predicted octanol–water partition coefficient (Wildman–Crippen LogP) is 2.73. The van der Waals surface area contributed by atoms with E-state index >= 15 is 0 Å². The molecule has 1 saturated heterocycles. The first-order valence-corrected chi connectivity index (χ1v) is 6.80. The maximum atomic E-state index is 12.1. The molecule has 0 aliphatic carbocycles. The van der Waals surface area contributed by atoms with E-state index in [2.05, 4.69) is 0 Å². The van der Waals surface area contributed by atoms with Crippen molar-refractivity contribution in [2.45, 2.75) is 18.6 Å². The molecule has 1 fully saturated rings. The maximum absolute atomic E-state index is 12.1. The summed E-state index contributed by atoms with van der Waals surface area (Å²) in [7, 11) is 0. The summed E-state index contributed by atoms with van der Waals surface area (Å²) >= 11 is 7.51. The van der Waals surface area contributed by atoms with Crippen LogP contribution in [0, 0.1) is 0 Å². The molecule has 1 aromatic rings. The number of anilines is 1. The van der Waals surface area contributed by atoms with Crippen LogP contribution in [-0.4, -0.2) is 22.8 Å². The van der Waals surface area contributed by atoms with Gasteiger partial charge in [-0.1, -0.05) is 30.7 Å². The number of benzene rings is 1. The fraction of sp³-hybridized carbons (Fsp3) is 0.333. The zero-order valence-corrected chi connectivity index (χ0v) is 10.9. The number of nitrogens with zero attached hydrogens (tertiary/aromatic N) is 1. The molecule has 5 heteroatoms. The molecule has 2 amide bonds. The zero-order valence-electron chi connectivity index (χ0n) is 9.35. The van der Waals surface area contributed by atoms with Crippen molar-refractivity contribution < 1.29 is 9.59 Å². The molecule has 1 unspecified atom stereocenters. The number of halogens is 1. The molecule has 17 heavy (non-hydrogen) atoms. The molecule has 1 atom stereocenters. The topological polar surface area (TPSA) is 37.4 Å². The highest BCUT2D eigenvalue weighted by atomic mass is 35.5. The summed E-state index contributed by atoms with van der Waals surface area (Å²) in [6.07, 6.45) is 0.266. The highest BCUT2D eigenvalue weighted by Crippen LogP contribution is 2.33. The molecule has 0 bridgehead atoms. The Kier molecular flexibility index (Phi) is 3.74. The number of hydrogen-bond acceptors (Lipinski definition) is 3. The van der Waals surface area contributed by atoms with E-state index in [0.717, 1.165) is 5.75 Å². The molecule has 1 aliphatic rings. The molecule has 0 radical (unpaired) electrons. The molecular formula is C12H12ClNO2S. The van der Waals surface area contributed by atoms with Crippen molar-refractivity contribution in [3.63, 3.8) is 0 Å². The van der Waals surface area contributed by atoms with Crippen molar-refractivity contribution in [3.05, 3.63) is 29.3 Å². The summed E-state index contributed by atoms with van der Waals surface area (Å²) in [5, 5.41) is 0.167. The minimum atomic E-state index is -0.260. The molecule has 0 aromatic heterocycles. The van der Waals surface area contributed by atoms with E-state index < -0.39 is 0 Å². The lowest BCUT2D eigenvalue weighted by Crippen LogP contribution is -2.31. The van der Waals surface area contributed by atoms with E-state index in [1.807, 2.05) is 6.92 Å². The van der Waals surface area contributed by atoms with Crippen LogP contribution in [-0.2, 0) is 9.59 Å². The van der Waals surface area contributed by atoms with Gasteiger partial charge in [-0.3, -0.25) is 9.59 Å². The molecule has 1 aromatic carbocycles. The normalized spacial score (nSPS) is 20.1. The molecule has 1 aliphatic heterocycles. The van der Waals surface area contributed by atoms with Crippen LogP contribution in [0.3, 0.4) is 0 Å². The summed E-state index contributed by atoms with van der Waals surface area (Å²) in [5.74, 6) is 0.490. The Morgan fingerprint density at radius 3 is 2.76 bits per heavy atom. The fourth-order valence-corrected chi connectivity index (χ4v) is 2.95. The third kappa shape index (κ3) is 2.33. The Hall–Kier alpha value is -1.00. The predicted molar refractivity (Wildman–Crippen MR) is 70.5 cm³/mol. The lowest BCUT2D eigenvalue weighted by atomic mass is 10.3. The molecule has 0 spiro atoms. The first-order valence-electron chi connectivity index (χ1n) is 5.38. The van der Waals surface area contributed by atoms with Crippen LogP contribution in [0.15, 0.2) is 24.3 Å². The van der Waals surface area contributed by atoms with Gasteiger partial charge >= 0.3 is 0 Å². The summed E-state index contributed by atoms with van der Waals surface area (Å²) in [6, 6.07) is 6.91. The molecule has 3 nitrogen and oxygen atoms in total. The van der Waals surface area contributed by atoms with Gasteiger partial charge in [-0.15, -0.1) is 11.8 Å². The van der Waals surface area contributed by atoms with Crippen molar-refractivity contribution in [2.75, 3.05) is 10.7 Å². The summed E-state index contributed by atoms with van der Waals surface area (Å²) in [5.41, 5.74) is 0.489. The van der Waals surface area contributed by atoms with Crippen LogP contribution in [0.1, 0.15) is 13.3 Å². The largest absolute Gasteiger partial charge is 0.274 e. The summed E-state index contributed by atoms with van der Waals surface area (Å²) in [4.78, 5) is 25.1. The van der Waals surface area contributed by atoms with E-state index in [0.29, 0.717) is 10.7 Å². The molecule has 0 saturated carbocycles. The fourth-order valence-electron chi connectivity index (χ4n) is 1.82. The van der Waals surface area contributed by atoms with Crippen LogP contribution < -0.4 is 4.90 Å². The van der Waals surface area contributed by atoms with Gasteiger partial charge in [0.05, 0.1) is 16.0 Å². The third-order valence-electron chi connectivity index (χ3n) is 2.57.